The van der Waals surface area contributed by atoms with Gasteiger partial charge in [-0.05, 0) is 18.8 Å². The Morgan fingerprint density at radius 3 is 2.64 bits per heavy atom. The van der Waals surface area contributed by atoms with E-state index in [-0.39, 0.29) is 11.9 Å². The van der Waals surface area contributed by atoms with Crippen molar-refractivity contribution in [2.45, 2.75) is 51.6 Å². The molecule has 0 radical (unpaired) electrons. The van der Waals surface area contributed by atoms with Gasteiger partial charge in [0.2, 0.25) is 0 Å². The summed E-state index contributed by atoms with van der Waals surface area (Å²) in [5, 5.41) is 3.86. The van der Waals surface area contributed by atoms with Crippen LogP contribution in [-0.2, 0) is 9.63 Å². The van der Waals surface area contributed by atoms with Crippen LogP contribution in [0.4, 0.5) is 0 Å². The molecule has 1 fully saturated rings. The molecule has 0 bridgehead atoms. The first kappa shape index (κ1) is 9.69. The molecule has 0 aromatic heterocycles. The van der Waals surface area contributed by atoms with Crippen LogP contribution in [0.5, 0.6) is 0 Å². The van der Waals surface area contributed by atoms with Crippen LogP contribution in [0, 0.1) is 5.92 Å². The first-order valence-electron chi connectivity index (χ1n) is 5.51. The first-order valence-corrected chi connectivity index (χ1v) is 5.51. The Kier molecular flexibility index (Phi) is 2.85. The van der Waals surface area contributed by atoms with Crippen LogP contribution < -0.4 is 0 Å². The minimum atomic E-state index is 0.0586. The van der Waals surface area contributed by atoms with Crippen molar-refractivity contribution < 1.29 is 9.63 Å². The van der Waals surface area contributed by atoms with E-state index in [0.29, 0.717) is 11.6 Å². The van der Waals surface area contributed by atoms with E-state index in [4.69, 9.17) is 4.84 Å². The third-order valence-electron chi connectivity index (χ3n) is 3.27. The van der Waals surface area contributed by atoms with Crippen LogP contribution in [0.15, 0.2) is 5.16 Å². The number of oxime groups is 1. The summed E-state index contributed by atoms with van der Waals surface area (Å²) in [6, 6.07) is 0. The molecule has 78 valence electrons. The van der Waals surface area contributed by atoms with Gasteiger partial charge in [-0.15, -0.1) is 0 Å². The number of carbonyl (C=O) groups excluding carboxylic acids is 1. The molecule has 14 heavy (non-hydrogen) atoms. The fourth-order valence-corrected chi connectivity index (χ4v) is 2.36. The topological polar surface area (TPSA) is 38.7 Å². The molecular formula is C11H17NO2. The van der Waals surface area contributed by atoms with E-state index in [1.807, 2.05) is 0 Å². The highest BCUT2D eigenvalue weighted by molar-refractivity contribution is 6.39. The van der Waals surface area contributed by atoms with Crippen molar-refractivity contribution in [1.82, 2.24) is 0 Å². The lowest BCUT2D eigenvalue weighted by molar-refractivity contribution is -0.111. The molecule has 0 amide bonds. The van der Waals surface area contributed by atoms with E-state index in [1.165, 1.54) is 32.1 Å². The molecule has 0 spiro atoms. The van der Waals surface area contributed by atoms with E-state index in [1.54, 1.807) is 6.92 Å². The maximum absolute atomic E-state index is 11.1. The van der Waals surface area contributed by atoms with Crippen LogP contribution in [0.3, 0.4) is 0 Å². The summed E-state index contributed by atoms with van der Waals surface area (Å²) < 4.78 is 0. The zero-order valence-electron chi connectivity index (χ0n) is 8.66. The standard InChI is InChI=1S/C11H17NO2/c1-8(13)10-7-11(14-12-10)9-5-3-2-4-6-9/h9,11H,2-7H2,1H3. The summed E-state index contributed by atoms with van der Waals surface area (Å²) >= 11 is 0. The van der Waals surface area contributed by atoms with Crippen LogP contribution >= 0.6 is 0 Å². The molecule has 1 aliphatic heterocycles. The van der Waals surface area contributed by atoms with Gasteiger partial charge in [-0.3, -0.25) is 4.79 Å². The number of hydrogen-bond acceptors (Lipinski definition) is 3. The SMILES string of the molecule is CC(=O)C1=NOC(C2CCCCC2)C1. The molecule has 0 aromatic carbocycles. The maximum Gasteiger partial charge on any atom is 0.177 e. The Balaban J connectivity index is 1.87. The maximum atomic E-state index is 11.1. The van der Waals surface area contributed by atoms with Gasteiger partial charge in [0.15, 0.2) is 5.78 Å². The smallest absolute Gasteiger partial charge is 0.177 e. The fraction of sp³-hybridized carbons (Fsp3) is 0.818. The predicted molar refractivity (Wildman–Crippen MR) is 54.2 cm³/mol. The summed E-state index contributed by atoms with van der Waals surface area (Å²) in [6.45, 7) is 1.56. The third kappa shape index (κ3) is 1.97. The molecule has 1 atom stereocenters. The van der Waals surface area contributed by atoms with Gasteiger partial charge in [-0.1, -0.05) is 24.4 Å². The zero-order chi connectivity index (χ0) is 9.97. The van der Waals surface area contributed by atoms with Crippen LogP contribution in [0.2, 0.25) is 0 Å². The quantitative estimate of drug-likeness (QED) is 0.678. The second kappa shape index (κ2) is 4.11. The van der Waals surface area contributed by atoms with Crippen molar-refractivity contribution in [3.05, 3.63) is 0 Å². The number of hydrogen-bond donors (Lipinski definition) is 0. The minimum absolute atomic E-state index is 0.0586. The highest BCUT2D eigenvalue weighted by Crippen LogP contribution is 2.31. The molecule has 3 heteroatoms. The molecule has 1 unspecified atom stereocenters. The molecule has 2 aliphatic rings. The van der Waals surface area contributed by atoms with E-state index in [9.17, 15) is 4.79 Å². The summed E-state index contributed by atoms with van der Waals surface area (Å²) in [6.07, 6.45) is 7.37. The largest absolute Gasteiger partial charge is 0.391 e. The highest BCUT2D eigenvalue weighted by atomic mass is 16.6. The van der Waals surface area contributed by atoms with Gasteiger partial charge in [0.1, 0.15) is 11.8 Å². The van der Waals surface area contributed by atoms with E-state index in [0.717, 1.165) is 6.42 Å². The Morgan fingerprint density at radius 1 is 1.36 bits per heavy atom. The van der Waals surface area contributed by atoms with Crippen molar-refractivity contribution in [3.63, 3.8) is 0 Å². The molecule has 3 nitrogen and oxygen atoms in total. The van der Waals surface area contributed by atoms with Crippen molar-refractivity contribution in [1.29, 1.82) is 0 Å². The minimum Gasteiger partial charge on any atom is -0.391 e. The van der Waals surface area contributed by atoms with E-state index < -0.39 is 0 Å². The highest BCUT2D eigenvalue weighted by Gasteiger charge is 2.31. The fourth-order valence-electron chi connectivity index (χ4n) is 2.36. The molecule has 1 aliphatic carbocycles. The van der Waals surface area contributed by atoms with Crippen LogP contribution in [-0.4, -0.2) is 17.6 Å². The number of nitrogens with zero attached hydrogens (tertiary/aromatic N) is 1. The van der Waals surface area contributed by atoms with E-state index >= 15 is 0 Å². The molecule has 2 rings (SSSR count). The lowest BCUT2D eigenvalue weighted by atomic mass is 9.83. The lowest BCUT2D eigenvalue weighted by Gasteiger charge is -2.25. The van der Waals surface area contributed by atoms with Gasteiger partial charge in [0.25, 0.3) is 0 Å². The van der Waals surface area contributed by atoms with Gasteiger partial charge in [0, 0.05) is 13.3 Å². The second-order valence-corrected chi connectivity index (χ2v) is 4.34. The van der Waals surface area contributed by atoms with E-state index in [2.05, 4.69) is 5.16 Å². The van der Waals surface area contributed by atoms with Gasteiger partial charge in [-0.25, -0.2) is 0 Å². The van der Waals surface area contributed by atoms with Crippen LogP contribution in [0.25, 0.3) is 0 Å². The summed E-state index contributed by atoms with van der Waals surface area (Å²) in [4.78, 5) is 16.4. The Bertz CT molecular complexity index is 254. The number of carbonyl (C=O) groups is 1. The van der Waals surface area contributed by atoms with Crippen LogP contribution in [0.1, 0.15) is 45.4 Å². The van der Waals surface area contributed by atoms with Gasteiger partial charge in [0.05, 0.1) is 0 Å². The molecule has 0 N–H and O–H groups in total. The zero-order valence-corrected chi connectivity index (χ0v) is 8.66. The second-order valence-electron chi connectivity index (χ2n) is 4.34. The van der Waals surface area contributed by atoms with Gasteiger partial charge < -0.3 is 4.84 Å². The Hall–Kier alpha value is -0.860. The van der Waals surface area contributed by atoms with Crippen molar-refractivity contribution in [3.8, 4) is 0 Å². The lowest BCUT2D eigenvalue weighted by Crippen LogP contribution is -2.24. The van der Waals surface area contributed by atoms with Crippen molar-refractivity contribution in [2.24, 2.45) is 11.1 Å². The average molecular weight is 195 g/mol. The molecule has 0 aromatic rings. The average Bonchev–Trinajstić information content (AvgIpc) is 2.68. The molecule has 0 saturated heterocycles. The van der Waals surface area contributed by atoms with Gasteiger partial charge >= 0.3 is 0 Å². The Morgan fingerprint density at radius 2 is 2.07 bits per heavy atom. The summed E-state index contributed by atoms with van der Waals surface area (Å²) in [5.41, 5.74) is 0.626. The van der Waals surface area contributed by atoms with Crippen molar-refractivity contribution in [2.75, 3.05) is 0 Å². The number of Topliss-reactive ketones (excluding diaryl/α,β-unsaturated/α-hetero) is 1. The molecule has 1 saturated carbocycles. The normalized spacial score (nSPS) is 28.4. The number of ketones is 1. The van der Waals surface area contributed by atoms with Crippen molar-refractivity contribution >= 4 is 11.5 Å². The van der Waals surface area contributed by atoms with Gasteiger partial charge in [-0.2, -0.15) is 0 Å². The molecule has 1 heterocycles. The monoisotopic (exact) mass is 195 g/mol. The number of rotatable bonds is 2. The summed E-state index contributed by atoms with van der Waals surface area (Å²) in [5.74, 6) is 0.688. The first-order chi connectivity index (χ1) is 6.77. The summed E-state index contributed by atoms with van der Waals surface area (Å²) in [7, 11) is 0. The third-order valence-corrected chi connectivity index (χ3v) is 3.27. The Labute approximate surface area is 84.5 Å². The molecular weight excluding hydrogens is 178 g/mol. The predicted octanol–water partition coefficient (Wildman–Crippen LogP) is 2.30.